The monoisotopic (exact) mass is 474 g/mol. The number of hydrogen-bond acceptors (Lipinski definition) is 6. The molecule has 4 N–H and O–H groups in total. The van der Waals surface area contributed by atoms with E-state index in [4.69, 9.17) is 20.9 Å². The Morgan fingerprint density at radius 2 is 2.11 bits per heavy atom. The number of aromatic nitrogens is 1. The average Bonchev–Trinajstić information content (AvgIpc) is 3.64. The van der Waals surface area contributed by atoms with Crippen molar-refractivity contribution in [3.8, 4) is 0 Å². The number of nitrogens with zero attached hydrogens (tertiary/aromatic N) is 3. The summed E-state index contributed by atoms with van der Waals surface area (Å²) in [6, 6.07) is 9.98. The zero-order valence-corrected chi connectivity index (χ0v) is 20.5. The number of aliphatic hydroxyl groups is 1. The summed E-state index contributed by atoms with van der Waals surface area (Å²) in [5.41, 5.74) is 5.11. The Labute approximate surface area is 206 Å². The molecule has 2 fully saturated rings. The average molecular weight is 475 g/mol. The molecule has 3 aliphatic rings. The normalized spacial score (nSPS) is 23.1. The fourth-order valence-electron chi connectivity index (χ4n) is 5.74. The summed E-state index contributed by atoms with van der Waals surface area (Å²) in [6.45, 7) is 3.80. The Morgan fingerprint density at radius 1 is 1.34 bits per heavy atom. The summed E-state index contributed by atoms with van der Waals surface area (Å²) in [4.78, 5) is 21.9. The molecule has 1 aromatic heterocycles. The van der Waals surface area contributed by atoms with Gasteiger partial charge in [0.25, 0.3) is 5.91 Å². The predicted octanol–water partition coefficient (Wildman–Crippen LogP) is 3.39. The lowest BCUT2D eigenvalue weighted by Crippen LogP contribution is -2.52. The van der Waals surface area contributed by atoms with E-state index in [1.165, 1.54) is 6.34 Å². The highest BCUT2D eigenvalue weighted by molar-refractivity contribution is 6.10. The van der Waals surface area contributed by atoms with Crippen LogP contribution in [-0.2, 0) is 18.5 Å². The van der Waals surface area contributed by atoms with Crippen LogP contribution in [-0.4, -0.2) is 53.3 Å². The Morgan fingerprint density at radius 3 is 2.77 bits per heavy atom. The lowest BCUT2D eigenvalue weighted by molar-refractivity contribution is 0.0996. The molecular formula is C27H34N6O2. The molecule has 0 atom stereocenters. The smallest absolute Gasteiger partial charge is 0.259 e. The molecule has 184 valence electrons. The van der Waals surface area contributed by atoms with Gasteiger partial charge >= 0.3 is 0 Å². The molecule has 8 nitrogen and oxygen atoms in total. The van der Waals surface area contributed by atoms with Gasteiger partial charge in [-0.2, -0.15) is 0 Å². The number of rotatable bonds is 9. The van der Waals surface area contributed by atoms with Crippen LogP contribution in [0.15, 0.2) is 30.3 Å². The Hall–Kier alpha value is -3.10. The minimum absolute atomic E-state index is 0.00688. The number of likely N-dealkylation sites (N-methyl/N-ethyl adjacent to an activating group) is 1. The fraction of sp³-hybridized carbons (Fsp3) is 0.481. The molecule has 0 spiro atoms. The molecule has 1 aromatic carbocycles. The van der Waals surface area contributed by atoms with E-state index in [0.29, 0.717) is 37.3 Å². The third-order valence-electron chi connectivity index (χ3n) is 7.66. The van der Waals surface area contributed by atoms with E-state index in [1.54, 1.807) is 11.9 Å². The number of pyridine rings is 1. The highest BCUT2D eigenvalue weighted by Gasteiger charge is 2.48. The summed E-state index contributed by atoms with van der Waals surface area (Å²) in [6.07, 6.45) is 5.14. The van der Waals surface area contributed by atoms with Crippen molar-refractivity contribution in [3.05, 3.63) is 58.4 Å². The van der Waals surface area contributed by atoms with Crippen LogP contribution < -0.4 is 10.2 Å². The molecule has 2 aromatic rings. The summed E-state index contributed by atoms with van der Waals surface area (Å²) in [5, 5.41) is 28.7. The van der Waals surface area contributed by atoms with E-state index in [1.807, 2.05) is 23.1 Å². The van der Waals surface area contributed by atoms with Gasteiger partial charge < -0.3 is 20.2 Å². The van der Waals surface area contributed by atoms with Gasteiger partial charge in [-0.15, -0.1) is 0 Å². The zero-order valence-electron chi connectivity index (χ0n) is 20.5. The molecule has 0 bridgehead atoms. The van der Waals surface area contributed by atoms with E-state index in [9.17, 15) is 4.79 Å². The number of amides is 1. The molecule has 5 rings (SSSR count). The maximum Gasteiger partial charge on any atom is 0.259 e. The first kappa shape index (κ1) is 23.6. The first-order valence-electron chi connectivity index (χ1n) is 12.5. The van der Waals surface area contributed by atoms with Gasteiger partial charge in [0.05, 0.1) is 30.6 Å². The van der Waals surface area contributed by atoms with Crippen LogP contribution in [0.25, 0.3) is 0 Å². The van der Waals surface area contributed by atoms with Gasteiger partial charge in [0.15, 0.2) is 0 Å². The number of benzene rings is 1. The molecule has 1 aliphatic heterocycles. The van der Waals surface area contributed by atoms with E-state index < -0.39 is 5.41 Å². The van der Waals surface area contributed by atoms with Crippen molar-refractivity contribution in [3.63, 3.8) is 0 Å². The summed E-state index contributed by atoms with van der Waals surface area (Å²) in [7, 11) is 1.75. The lowest BCUT2D eigenvalue weighted by Gasteiger charge is -2.48. The van der Waals surface area contributed by atoms with Crippen molar-refractivity contribution < 1.29 is 9.90 Å². The number of hydrogen-bond donors (Lipinski definition) is 4. The first-order chi connectivity index (χ1) is 16.9. The second kappa shape index (κ2) is 9.17. The predicted molar refractivity (Wildman–Crippen MR) is 136 cm³/mol. The number of aliphatic hydroxyl groups excluding tert-OH is 1. The van der Waals surface area contributed by atoms with E-state index in [2.05, 4.69) is 24.4 Å². The van der Waals surface area contributed by atoms with Crippen LogP contribution in [0, 0.1) is 16.7 Å². The molecular weight excluding hydrogens is 440 g/mol. The zero-order chi connectivity index (χ0) is 24.7. The molecule has 8 heteroatoms. The number of amidine groups is 1. The second-order valence-electron chi connectivity index (χ2n) is 10.3. The maximum absolute atomic E-state index is 13.6. The Bertz CT molecular complexity index is 1170. The number of carbonyl (C=O) groups excluding carboxylic acids is 1. The Balaban J connectivity index is 1.46. The van der Waals surface area contributed by atoms with Crippen LogP contribution >= 0.6 is 0 Å². The van der Waals surface area contributed by atoms with Gasteiger partial charge in [0, 0.05) is 48.6 Å². The van der Waals surface area contributed by atoms with Gasteiger partial charge in [-0.05, 0) is 55.4 Å². The van der Waals surface area contributed by atoms with Crippen molar-refractivity contribution in [1.82, 2.24) is 15.2 Å². The minimum atomic E-state index is -0.427. The minimum Gasteiger partial charge on any atom is -0.395 e. The summed E-state index contributed by atoms with van der Waals surface area (Å²) < 4.78 is 0. The first-order valence-corrected chi connectivity index (χ1v) is 12.5. The molecule has 35 heavy (non-hydrogen) atoms. The number of nitrogens with one attached hydrogen (secondary N) is 3. The third kappa shape index (κ3) is 4.15. The molecule has 0 saturated heterocycles. The largest absolute Gasteiger partial charge is 0.395 e. The van der Waals surface area contributed by atoms with Gasteiger partial charge in [0.1, 0.15) is 5.84 Å². The SMILES string of the molecule is CC1CC(C(=N)N(C)C=N)(c2cccc(N3Cc4c(cc(CNCCO)nc4C4CC4)C3=O)c2)C1. The standard InChI is InChI=1S/C27H34N6O2/c1-17-12-27(13-17,26(29)32(2)16-28)19-4-3-5-21(10-19)33-15-23-22(25(33)35)11-20(14-30-8-9-34)31-24(23)18-6-7-18/h3-5,10-11,16-18,28-30,34H,6-9,12-15H2,1-2H3. The van der Waals surface area contributed by atoms with Crippen molar-refractivity contribution in [1.29, 1.82) is 10.8 Å². The lowest BCUT2D eigenvalue weighted by atomic mass is 9.58. The van der Waals surface area contributed by atoms with Gasteiger partial charge in [-0.3, -0.25) is 20.6 Å². The van der Waals surface area contributed by atoms with Gasteiger partial charge in [-0.1, -0.05) is 19.1 Å². The van der Waals surface area contributed by atoms with Crippen molar-refractivity contribution in [2.24, 2.45) is 5.92 Å². The van der Waals surface area contributed by atoms with Crippen LogP contribution in [0.1, 0.15) is 71.4 Å². The summed E-state index contributed by atoms with van der Waals surface area (Å²) >= 11 is 0. The van der Waals surface area contributed by atoms with Crippen molar-refractivity contribution in [2.75, 3.05) is 25.1 Å². The molecule has 0 radical (unpaired) electrons. The molecule has 0 unspecified atom stereocenters. The van der Waals surface area contributed by atoms with Crippen LogP contribution in [0.2, 0.25) is 0 Å². The highest BCUT2D eigenvalue weighted by atomic mass is 16.3. The number of anilines is 1. The number of fused-ring (bicyclic) bond motifs is 1. The molecule has 2 saturated carbocycles. The summed E-state index contributed by atoms with van der Waals surface area (Å²) in [5.74, 6) is 1.37. The second-order valence-corrected chi connectivity index (χ2v) is 10.3. The maximum atomic E-state index is 13.6. The number of carbonyl (C=O) groups is 1. The van der Waals surface area contributed by atoms with Gasteiger partial charge in [-0.25, -0.2) is 0 Å². The van der Waals surface area contributed by atoms with Crippen molar-refractivity contribution in [2.45, 2.75) is 57.0 Å². The molecule has 2 aliphatic carbocycles. The topological polar surface area (TPSA) is 116 Å². The third-order valence-corrected chi connectivity index (χ3v) is 7.66. The van der Waals surface area contributed by atoms with Crippen LogP contribution in [0.3, 0.4) is 0 Å². The van der Waals surface area contributed by atoms with E-state index in [0.717, 1.165) is 59.4 Å². The quantitative estimate of drug-likeness (QED) is 0.253. The molecule has 1 amide bonds. The van der Waals surface area contributed by atoms with Crippen LogP contribution in [0.4, 0.5) is 5.69 Å². The van der Waals surface area contributed by atoms with Crippen LogP contribution in [0.5, 0.6) is 0 Å². The van der Waals surface area contributed by atoms with E-state index in [-0.39, 0.29) is 12.5 Å². The van der Waals surface area contributed by atoms with E-state index >= 15 is 0 Å². The van der Waals surface area contributed by atoms with Gasteiger partial charge in [0.2, 0.25) is 0 Å². The van der Waals surface area contributed by atoms with Crippen molar-refractivity contribution >= 4 is 23.8 Å². The highest BCUT2D eigenvalue weighted by Crippen LogP contribution is 2.50. The Kier molecular flexibility index (Phi) is 6.19. The fourth-order valence-corrected chi connectivity index (χ4v) is 5.74. The molecule has 2 heterocycles.